The molecule has 0 fully saturated rings. The number of benzene rings is 3. The Morgan fingerprint density at radius 2 is 0.890 bits per heavy atom. The molecule has 0 radical (unpaired) electrons. The Bertz CT molecular complexity index is 1740. The third kappa shape index (κ3) is 27.7. The zero-order valence-electron chi connectivity index (χ0n) is 47.6. The summed E-state index contributed by atoms with van der Waals surface area (Å²) in [5.41, 5.74) is 0.994. The van der Waals surface area contributed by atoms with Crippen LogP contribution in [0.25, 0.3) is 0 Å². The smallest absolute Gasteiger partial charge is 0.306 e. The van der Waals surface area contributed by atoms with Gasteiger partial charge in [-0.15, -0.1) is 0 Å². The second kappa shape index (κ2) is 40.7. The van der Waals surface area contributed by atoms with Crippen LogP contribution in [0.5, 0.6) is 11.5 Å². The van der Waals surface area contributed by atoms with Crippen LogP contribution >= 0.6 is 0 Å². The minimum Gasteiger partial charge on any atom is -0.494 e. The van der Waals surface area contributed by atoms with Crippen LogP contribution in [0.4, 0.5) is 0 Å². The van der Waals surface area contributed by atoms with Crippen molar-refractivity contribution in [2.24, 2.45) is 0 Å². The maximum Gasteiger partial charge on any atom is 0.306 e. The standard InChI is InChI=1S/C65H106O7Si/c1-7-10-13-16-19-26-41-54-70-63(66)48-37-24-20-28-40-53-69-62-51-50-59(55-57(62)56-71-73(65(4,5)6,60-44-33-29-34-45-60)61-46-35-30-36-47-61)68-52-39-27-21-25-38-49-64(67)72-58(42-31-22-17-14-11-8-2)43-32-23-18-15-12-9-3/h29-30,33-36,44-47,50-51,55,58H,7-28,31-32,37-43,48-49,52-54,56H2,1-6H3. The van der Waals surface area contributed by atoms with E-state index in [1.165, 1.54) is 107 Å². The van der Waals surface area contributed by atoms with Crippen molar-refractivity contribution in [1.29, 1.82) is 0 Å². The molecule has 0 N–H and O–H groups in total. The van der Waals surface area contributed by atoms with Crippen LogP contribution in [0.2, 0.25) is 5.04 Å². The molecule has 0 aliphatic rings. The number of hydrogen-bond donors (Lipinski definition) is 0. The van der Waals surface area contributed by atoms with Gasteiger partial charge >= 0.3 is 11.9 Å². The quantitative estimate of drug-likeness (QED) is 0.0317. The Labute approximate surface area is 448 Å². The molecule has 0 saturated heterocycles. The molecule has 0 bridgehead atoms. The fourth-order valence-electron chi connectivity index (χ4n) is 10.2. The van der Waals surface area contributed by atoms with Crippen LogP contribution in [0.3, 0.4) is 0 Å². The van der Waals surface area contributed by atoms with E-state index in [-0.39, 0.29) is 23.1 Å². The molecule has 0 atom stereocenters. The van der Waals surface area contributed by atoms with Crippen molar-refractivity contribution >= 4 is 30.6 Å². The number of unbranched alkanes of at least 4 members (excludes halogenated alkanes) is 24. The Morgan fingerprint density at radius 3 is 1.38 bits per heavy atom. The normalized spacial score (nSPS) is 11.8. The highest BCUT2D eigenvalue weighted by Crippen LogP contribution is 2.38. The minimum atomic E-state index is -2.80. The van der Waals surface area contributed by atoms with E-state index < -0.39 is 8.32 Å². The Hall–Kier alpha value is -3.62. The first-order chi connectivity index (χ1) is 35.6. The number of carbonyl (C=O) groups excluding carboxylic acids is 2. The lowest BCUT2D eigenvalue weighted by molar-refractivity contribution is -0.150. The number of carbonyl (C=O) groups is 2. The van der Waals surface area contributed by atoms with Crippen LogP contribution in [-0.4, -0.2) is 46.2 Å². The largest absolute Gasteiger partial charge is 0.494 e. The van der Waals surface area contributed by atoms with Crippen molar-refractivity contribution in [2.45, 2.75) is 271 Å². The third-order valence-electron chi connectivity index (χ3n) is 14.5. The molecule has 7 nitrogen and oxygen atoms in total. The van der Waals surface area contributed by atoms with Crippen molar-refractivity contribution in [3.05, 3.63) is 84.4 Å². The molecule has 0 aromatic heterocycles. The maximum absolute atomic E-state index is 13.0. The molecule has 412 valence electrons. The number of rotatable bonds is 46. The van der Waals surface area contributed by atoms with Gasteiger partial charge in [0, 0.05) is 18.4 Å². The lowest BCUT2D eigenvalue weighted by Gasteiger charge is -2.43. The van der Waals surface area contributed by atoms with Gasteiger partial charge in [-0.3, -0.25) is 9.59 Å². The van der Waals surface area contributed by atoms with Gasteiger partial charge in [-0.1, -0.05) is 243 Å². The van der Waals surface area contributed by atoms with E-state index in [0.29, 0.717) is 39.3 Å². The van der Waals surface area contributed by atoms with Crippen molar-refractivity contribution < 1.29 is 33.0 Å². The second-order valence-corrected chi connectivity index (χ2v) is 26.3. The van der Waals surface area contributed by atoms with Crippen LogP contribution in [0.1, 0.15) is 259 Å². The van der Waals surface area contributed by atoms with Crippen molar-refractivity contribution in [3.63, 3.8) is 0 Å². The number of hydrogen-bond acceptors (Lipinski definition) is 7. The highest BCUT2D eigenvalue weighted by molar-refractivity contribution is 6.99. The Kier molecular flexibility index (Phi) is 35.5. The first-order valence-electron chi connectivity index (χ1n) is 30.1. The zero-order valence-corrected chi connectivity index (χ0v) is 48.6. The van der Waals surface area contributed by atoms with Crippen LogP contribution in [-0.2, 0) is 30.1 Å². The van der Waals surface area contributed by atoms with Crippen LogP contribution in [0, 0.1) is 0 Å². The fraction of sp³-hybridized carbons (Fsp3) is 0.692. The van der Waals surface area contributed by atoms with Gasteiger partial charge in [-0.25, -0.2) is 0 Å². The summed E-state index contributed by atoms with van der Waals surface area (Å²) in [6.45, 7) is 15.9. The van der Waals surface area contributed by atoms with Gasteiger partial charge in [0.1, 0.15) is 17.6 Å². The average molecular weight is 1030 g/mol. The third-order valence-corrected chi connectivity index (χ3v) is 19.5. The second-order valence-electron chi connectivity index (χ2n) is 22.0. The molecular formula is C65H106O7Si. The summed E-state index contributed by atoms with van der Waals surface area (Å²) in [7, 11) is -2.80. The average Bonchev–Trinajstić information content (AvgIpc) is 3.39. The molecule has 0 aliphatic carbocycles. The van der Waals surface area contributed by atoms with E-state index in [1.54, 1.807) is 0 Å². The monoisotopic (exact) mass is 1030 g/mol. The van der Waals surface area contributed by atoms with Crippen molar-refractivity contribution in [3.8, 4) is 11.5 Å². The van der Waals surface area contributed by atoms with Gasteiger partial charge in [-0.2, -0.15) is 0 Å². The van der Waals surface area contributed by atoms with Gasteiger partial charge in [0.15, 0.2) is 0 Å². The highest BCUT2D eigenvalue weighted by atomic mass is 28.4. The van der Waals surface area contributed by atoms with E-state index >= 15 is 0 Å². The molecule has 0 aliphatic heterocycles. The van der Waals surface area contributed by atoms with Crippen molar-refractivity contribution in [2.75, 3.05) is 19.8 Å². The van der Waals surface area contributed by atoms with E-state index in [4.69, 9.17) is 23.4 Å². The molecule has 73 heavy (non-hydrogen) atoms. The molecule has 0 saturated carbocycles. The molecule has 3 aromatic rings. The predicted octanol–water partition coefficient (Wildman–Crippen LogP) is 17.9. The highest BCUT2D eigenvalue weighted by Gasteiger charge is 2.50. The van der Waals surface area contributed by atoms with E-state index in [1.807, 2.05) is 6.07 Å². The first-order valence-corrected chi connectivity index (χ1v) is 32.0. The number of esters is 2. The summed E-state index contributed by atoms with van der Waals surface area (Å²) in [4.78, 5) is 25.2. The van der Waals surface area contributed by atoms with Gasteiger partial charge < -0.3 is 23.4 Å². The Balaban J connectivity index is 1.51. The molecule has 3 rings (SSSR count). The zero-order chi connectivity index (χ0) is 52.5. The molecule has 0 spiro atoms. The van der Waals surface area contributed by atoms with Gasteiger partial charge in [0.25, 0.3) is 8.32 Å². The van der Waals surface area contributed by atoms with Crippen LogP contribution in [0.15, 0.2) is 78.9 Å². The lowest BCUT2D eigenvalue weighted by atomic mass is 10.0. The molecule has 8 heteroatoms. The molecule has 0 amide bonds. The molecule has 0 unspecified atom stereocenters. The van der Waals surface area contributed by atoms with Gasteiger partial charge in [-0.05, 0) is 91.4 Å². The molecular weight excluding hydrogens is 921 g/mol. The SMILES string of the molecule is CCCCCCCCCOC(=O)CCCCCCCOc1ccc(OCCCCCCCC(=O)OC(CCCCCCCC)CCCCCCCC)cc1CO[Si](c1ccccc1)(c1ccccc1)C(C)(C)C. The molecule has 3 aromatic carbocycles. The summed E-state index contributed by atoms with van der Waals surface area (Å²) in [6.07, 6.45) is 36.9. The summed E-state index contributed by atoms with van der Waals surface area (Å²) >= 11 is 0. The van der Waals surface area contributed by atoms with Crippen LogP contribution < -0.4 is 19.8 Å². The van der Waals surface area contributed by atoms with Crippen molar-refractivity contribution in [1.82, 2.24) is 0 Å². The number of ether oxygens (including phenoxy) is 4. The maximum atomic E-state index is 13.0. The summed E-state index contributed by atoms with van der Waals surface area (Å²) in [6, 6.07) is 27.8. The van der Waals surface area contributed by atoms with Gasteiger partial charge in [0.2, 0.25) is 0 Å². The summed E-state index contributed by atoms with van der Waals surface area (Å²) < 4.78 is 32.0. The molecule has 0 heterocycles. The first kappa shape index (κ1) is 63.7. The van der Waals surface area contributed by atoms with E-state index in [0.717, 1.165) is 120 Å². The summed E-state index contributed by atoms with van der Waals surface area (Å²) in [5.74, 6) is 1.60. The lowest BCUT2D eigenvalue weighted by Crippen LogP contribution is -2.66. The topological polar surface area (TPSA) is 80.3 Å². The fourth-order valence-corrected chi connectivity index (χ4v) is 14.7. The van der Waals surface area contributed by atoms with Gasteiger partial charge in [0.05, 0.1) is 26.4 Å². The van der Waals surface area contributed by atoms with E-state index in [2.05, 4.69) is 114 Å². The minimum absolute atomic E-state index is 0.00728. The summed E-state index contributed by atoms with van der Waals surface area (Å²) in [5, 5.41) is 2.34. The Morgan fingerprint density at radius 1 is 0.466 bits per heavy atom. The predicted molar refractivity (Wildman–Crippen MR) is 310 cm³/mol. The van der Waals surface area contributed by atoms with E-state index in [9.17, 15) is 9.59 Å².